The van der Waals surface area contributed by atoms with Crippen molar-refractivity contribution in [2.75, 3.05) is 32.8 Å². The Labute approximate surface area is 281 Å². The van der Waals surface area contributed by atoms with Crippen molar-refractivity contribution < 1.29 is 19.1 Å². The molecule has 0 spiro atoms. The number of nitrogens with one attached hydrogen (secondary N) is 3. The van der Waals surface area contributed by atoms with Gasteiger partial charge in [0.1, 0.15) is 13.2 Å². The van der Waals surface area contributed by atoms with Gasteiger partial charge >= 0.3 is 0 Å². The summed E-state index contributed by atoms with van der Waals surface area (Å²) in [7, 11) is 0. The van der Waals surface area contributed by atoms with Crippen LogP contribution in [0.1, 0.15) is 69.4 Å². The van der Waals surface area contributed by atoms with E-state index in [-0.39, 0.29) is 76.9 Å². The van der Waals surface area contributed by atoms with Crippen LogP contribution >= 0.6 is 39.6 Å². The van der Waals surface area contributed by atoms with Gasteiger partial charge in [0.2, 0.25) is 11.8 Å². The van der Waals surface area contributed by atoms with Gasteiger partial charge in [-0.05, 0) is 61.8 Å². The predicted octanol–water partition coefficient (Wildman–Crippen LogP) is 0.879. The van der Waals surface area contributed by atoms with Crippen molar-refractivity contribution in [3.8, 4) is 11.5 Å². The van der Waals surface area contributed by atoms with Gasteiger partial charge in [0.25, 0.3) is 0 Å². The Morgan fingerprint density at radius 3 is 1.82 bits per heavy atom. The number of amides is 2. The fraction of sp³-hybridized carbons (Fsp3) is 0.643. The maximum Gasteiger partial charge on any atom is 0.237 e. The molecule has 0 fully saturated rings. The van der Waals surface area contributed by atoms with Gasteiger partial charge in [-0.25, -0.2) is 0 Å². The second kappa shape index (κ2) is 25.8. The van der Waals surface area contributed by atoms with Crippen LogP contribution in [-0.4, -0.2) is 68.5 Å². The number of carbonyl (C=O) groups is 2. The molecule has 0 aliphatic heterocycles. The van der Waals surface area contributed by atoms with Crippen LogP contribution in [-0.2, 0) is 21.8 Å². The van der Waals surface area contributed by atoms with E-state index in [1.807, 2.05) is 19.1 Å². The van der Waals surface area contributed by atoms with E-state index in [9.17, 15) is 9.59 Å². The van der Waals surface area contributed by atoms with Crippen LogP contribution in [0.5, 0.6) is 11.5 Å². The van der Waals surface area contributed by atoms with Crippen LogP contribution in [0, 0.1) is 5.41 Å². The fourth-order valence-corrected chi connectivity index (χ4v) is 4.38. The van der Waals surface area contributed by atoms with Crippen molar-refractivity contribution in [3.63, 3.8) is 0 Å². The van der Waals surface area contributed by atoms with Gasteiger partial charge in [-0.2, -0.15) is 39.6 Å². The molecule has 13 N–H and O–H groups in total. The number of rotatable bonds is 23. The van der Waals surface area contributed by atoms with Gasteiger partial charge in [-0.3, -0.25) is 20.0 Å². The highest BCUT2D eigenvalue weighted by atomic mass is 32.1. The third-order valence-corrected chi connectivity index (χ3v) is 6.83. The molecular formula is C28H55N9O4S3. The molecule has 0 aliphatic rings. The number of carbonyl (C=O) groups excluding carboxylic acids is 2. The van der Waals surface area contributed by atoms with E-state index < -0.39 is 12.1 Å². The van der Waals surface area contributed by atoms with Crippen molar-refractivity contribution in [2.24, 2.45) is 33.7 Å². The highest BCUT2D eigenvalue weighted by Crippen LogP contribution is 2.32. The molecule has 0 aliphatic carbocycles. The Morgan fingerprint density at radius 2 is 1.36 bits per heavy atom. The molecule has 0 aromatic heterocycles. The summed E-state index contributed by atoms with van der Waals surface area (Å²) in [5.41, 5.74) is 30.1. The summed E-state index contributed by atoms with van der Waals surface area (Å²) in [6, 6.07) is 2.59. The minimum absolute atomic E-state index is 0. The molecule has 16 heteroatoms. The molecule has 44 heavy (non-hydrogen) atoms. The number of thiol groups is 1. The largest absolute Gasteiger partial charge is 0.488 e. The Morgan fingerprint density at radius 1 is 0.864 bits per heavy atom. The summed E-state index contributed by atoms with van der Waals surface area (Å²) >= 11 is 4.44. The molecule has 0 bridgehead atoms. The van der Waals surface area contributed by atoms with E-state index in [1.54, 1.807) is 0 Å². The average molecular weight is 678 g/mol. The average Bonchev–Trinajstić information content (AvgIpc) is 2.96. The third-order valence-electron chi connectivity index (χ3n) is 6.49. The molecule has 1 rings (SSSR count). The number of hydrogen-bond donors (Lipinski definition) is 9. The van der Waals surface area contributed by atoms with Gasteiger partial charge in [0, 0.05) is 18.7 Å². The molecule has 0 heterocycles. The van der Waals surface area contributed by atoms with Gasteiger partial charge in [-0.15, -0.1) is 0 Å². The van der Waals surface area contributed by atoms with E-state index in [4.69, 9.17) is 43.6 Å². The number of benzene rings is 1. The minimum Gasteiger partial charge on any atom is -0.488 e. The van der Waals surface area contributed by atoms with Crippen LogP contribution in [0.2, 0.25) is 0 Å². The van der Waals surface area contributed by atoms with Crippen molar-refractivity contribution in [2.45, 2.75) is 82.5 Å². The van der Waals surface area contributed by atoms with Crippen molar-refractivity contribution in [1.29, 1.82) is 5.41 Å². The normalized spacial score (nSPS) is 11.6. The zero-order valence-corrected chi connectivity index (χ0v) is 28.7. The fourth-order valence-electron chi connectivity index (χ4n) is 4.08. The zero-order chi connectivity index (χ0) is 31.3. The smallest absolute Gasteiger partial charge is 0.237 e. The van der Waals surface area contributed by atoms with Crippen LogP contribution in [0.15, 0.2) is 17.1 Å². The number of amidine groups is 1. The quantitative estimate of drug-likeness (QED) is 0.0345. The maximum absolute atomic E-state index is 12.3. The number of unbranched alkanes of at least 4 members (excludes halogenated alkanes) is 3. The Hall–Kier alpha value is -2.53. The van der Waals surface area contributed by atoms with Crippen LogP contribution in [0.25, 0.3) is 0 Å². The third kappa shape index (κ3) is 19.0. The minimum atomic E-state index is -0.625. The molecule has 1 aromatic carbocycles. The number of aryl methyl sites for hydroxylation is 1. The Balaban J connectivity index is 0. The Kier molecular flexibility index (Phi) is 25.5. The number of hydrogen-bond acceptors (Lipinski definition) is 9. The molecule has 2 amide bonds. The molecular weight excluding hydrogens is 623 g/mol. The first-order valence-corrected chi connectivity index (χ1v) is 15.2. The lowest BCUT2D eigenvalue weighted by atomic mass is 10.1. The number of nitrogens with zero attached hydrogens (tertiary/aromatic N) is 1. The van der Waals surface area contributed by atoms with Gasteiger partial charge in [-0.1, -0.05) is 19.8 Å². The van der Waals surface area contributed by atoms with Crippen LogP contribution in [0.4, 0.5) is 0 Å². The number of aliphatic imine (C=N–C) groups is 1. The SMILES string of the molecule is CCc1cc(OCCNC(=O)[C@@H](N)CCCCN=C(N)N)c(OCCNC(=O)[C@@H](N)CCCCCC(=N)N)cc1CS.S.S. The maximum atomic E-state index is 12.3. The molecule has 0 saturated carbocycles. The lowest BCUT2D eigenvalue weighted by Gasteiger charge is -2.18. The highest BCUT2D eigenvalue weighted by molar-refractivity contribution is 7.79. The molecule has 0 saturated heterocycles. The van der Waals surface area contributed by atoms with E-state index in [2.05, 4.69) is 28.3 Å². The monoisotopic (exact) mass is 677 g/mol. The first kappa shape index (κ1) is 43.6. The summed E-state index contributed by atoms with van der Waals surface area (Å²) in [6.07, 6.45) is 6.39. The second-order valence-electron chi connectivity index (χ2n) is 10.00. The first-order valence-electron chi connectivity index (χ1n) is 14.6. The van der Waals surface area contributed by atoms with Crippen LogP contribution in [0.3, 0.4) is 0 Å². The van der Waals surface area contributed by atoms with Gasteiger partial charge in [0.05, 0.1) is 31.0 Å². The van der Waals surface area contributed by atoms with E-state index >= 15 is 0 Å². The molecule has 0 unspecified atom stereocenters. The molecule has 2 atom stereocenters. The van der Waals surface area contributed by atoms with Gasteiger partial charge < -0.3 is 48.8 Å². The second-order valence-corrected chi connectivity index (χ2v) is 10.3. The number of guanidine groups is 1. The zero-order valence-electron chi connectivity index (χ0n) is 25.8. The lowest BCUT2D eigenvalue weighted by Crippen LogP contribution is -2.42. The topological polar surface area (TPSA) is 243 Å². The Bertz CT molecular complexity index is 1010. The highest BCUT2D eigenvalue weighted by Gasteiger charge is 2.15. The molecule has 13 nitrogen and oxygen atoms in total. The van der Waals surface area contributed by atoms with Crippen LogP contribution < -0.4 is 48.8 Å². The van der Waals surface area contributed by atoms with Gasteiger partial charge in [0.15, 0.2) is 17.5 Å². The number of ether oxygens (including phenoxy) is 2. The summed E-state index contributed by atoms with van der Waals surface area (Å²) in [6.45, 7) is 3.55. The summed E-state index contributed by atoms with van der Waals surface area (Å²) in [4.78, 5) is 28.6. The van der Waals surface area contributed by atoms with E-state index in [0.29, 0.717) is 43.1 Å². The molecule has 254 valence electrons. The first-order chi connectivity index (χ1) is 20.1. The van der Waals surface area contributed by atoms with Crippen molar-refractivity contribution in [3.05, 3.63) is 23.3 Å². The van der Waals surface area contributed by atoms with E-state index in [0.717, 1.165) is 49.7 Å². The summed E-state index contributed by atoms with van der Waals surface area (Å²) in [5, 5.41) is 12.9. The van der Waals surface area contributed by atoms with E-state index in [1.165, 1.54) is 0 Å². The summed E-state index contributed by atoms with van der Waals surface area (Å²) in [5.74, 6) is 1.36. The predicted molar refractivity (Wildman–Crippen MR) is 192 cm³/mol. The van der Waals surface area contributed by atoms with Crippen molar-refractivity contribution in [1.82, 2.24) is 10.6 Å². The summed E-state index contributed by atoms with van der Waals surface area (Å²) < 4.78 is 11.9. The molecule has 0 radical (unpaired) electrons. The standard InChI is InChI=1S/C28H51N9O4S.2H2S/c1-2-19-16-23(40-14-12-36-27(39)22(30)9-6-7-11-37-28(33)34)24(17-20(19)18-42)41-15-13-35-26(38)21(29)8-4-3-5-10-25(31)32;;/h16-17,21-22,42H,2-15,18,29-30H2,1H3,(H3,31,32)(H,35,38)(H,36,39)(H4,33,34,37);2*1H2/t21-,22-;;/m0../s1. The molecule has 1 aromatic rings. The number of nitrogens with two attached hydrogens (primary N) is 5. The lowest BCUT2D eigenvalue weighted by molar-refractivity contribution is -0.123. The van der Waals surface area contributed by atoms with Crippen molar-refractivity contribution >= 4 is 63.2 Å².